The second kappa shape index (κ2) is 7.33. The highest BCUT2D eigenvalue weighted by molar-refractivity contribution is 8.00. The molecule has 1 fully saturated rings. The Kier molecular flexibility index (Phi) is 6.68. The highest BCUT2D eigenvalue weighted by atomic mass is 32.2. The van der Waals surface area contributed by atoms with Gasteiger partial charge in [0.2, 0.25) is 0 Å². The molecule has 0 saturated carbocycles. The Morgan fingerprint density at radius 2 is 1.89 bits per heavy atom. The van der Waals surface area contributed by atoms with Crippen molar-refractivity contribution in [2.75, 3.05) is 25.9 Å². The summed E-state index contributed by atoms with van der Waals surface area (Å²) in [5, 5.41) is 3.77. The zero-order valence-electron chi connectivity index (χ0n) is 13.9. The lowest BCUT2D eigenvalue weighted by Gasteiger charge is -2.49. The molecule has 0 aromatic heterocycles. The van der Waals surface area contributed by atoms with Crippen LogP contribution < -0.4 is 5.32 Å². The van der Waals surface area contributed by atoms with Crippen molar-refractivity contribution in [1.82, 2.24) is 10.2 Å². The van der Waals surface area contributed by atoms with Gasteiger partial charge in [-0.25, -0.2) is 0 Å². The van der Waals surface area contributed by atoms with Gasteiger partial charge in [0.05, 0.1) is 0 Å². The second-order valence-corrected chi connectivity index (χ2v) is 7.63. The van der Waals surface area contributed by atoms with Gasteiger partial charge in [0, 0.05) is 36.0 Å². The molecule has 0 aromatic carbocycles. The summed E-state index contributed by atoms with van der Waals surface area (Å²) in [6.07, 6.45) is 7.30. The van der Waals surface area contributed by atoms with Crippen LogP contribution in [0.4, 0.5) is 0 Å². The Balaban J connectivity index is 2.80. The summed E-state index contributed by atoms with van der Waals surface area (Å²) in [5.41, 5.74) is 0.303. The van der Waals surface area contributed by atoms with E-state index in [1.807, 2.05) is 0 Å². The summed E-state index contributed by atoms with van der Waals surface area (Å²) in [5.74, 6) is 0. The van der Waals surface area contributed by atoms with Crippen molar-refractivity contribution >= 4 is 11.8 Å². The van der Waals surface area contributed by atoms with E-state index in [4.69, 9.17) is 0 Å². The molecule has 0 aromatic rings. The van der Waals surface area contributed by atoms with Crippen molar-refractivity contribution in [3.05, 3.63) is 0 Å². The van der Waals surface area contributed by atoms with E-state index < -0.39 is 0 Å². The minimum Gasteiger partial charge on any atom is -0.309 e. The SMILES string of the molecule is CCC1CNC(C)(CC)CN1CC(CC)(CC)SC. The third kappa shape index (κ3) is 4.12. The summed E-state index contributed by atoms with van der Waals surface area (Å²) in [6.45, 7) is 15.3. The molecule has 1 saturated heterocycles. The van der Waals surface area contributed by atoms with Gasteiger partial charge in [-0.05, 0) is 38.9 Å². The lowest BCUT2D eigenvalue weighted by atomic mass is 9.91. The number of hydrogen-bond acceptors (Lipinski definition) is 3. The standard InChI is InChI=1S/C16H34N2S/c1-7-14-11-17-15(5,8-2)12-18(14)13-16(9-3,10-4)19-6/h14,17H,7-13H2,1-6H3. The molecule has 0 amide bonds. The Morgan fingerprint density at radius 3 is 2.32 bits per heavy atom. The van der Waals surface area contributed by atoms with Crippen molar-refractivity contribution in [1.29, 1.82) is 0 Å². The van der Waals surface area contributed by atoms with Crippen LogP contribution in [0.5, 0.6) is 0 Å². The van der Waals surface area contributed by atoms with Gasteiger partial charge in [0.25, 0.3) is 0 Å². The lowest BCUT2D eigenvalue weighted by molar-refractivity contribution is 0.0716. The van der Waals surface area contributed by atoms with E-state index in [9.17, 15) is 0 Å². The van der Waals surface area contributed by atoms with E-state index in [0.29, 0.717) is 16.3 Å². The minimum atomic E-state index is 0.303. The number of nitrogens with zero attached hydrogens (tertiary/aromatic N) is 1. The molecular formula is C16H34N2S. The normalized spacial score (nSPS) is 29.7. The maximum Gasteiger partial charge on any atom is 0.0279 e. The molecule has 1 aliphatic rings. The van der Waals surface area contributed by atoms with Crippen LogP contribution in [-0.4, -0.2) is 47.1 Å². The van der Waals surface area contributed by atoms with Crippen LogP contribution in [-0.2, 0) is 0 Å². The van der Waals surface area contributed by atoms with Gasteiger partial charge in [-0.2, -0.15) is 11.8 Å². The molecular weight excluding hydrogens is 252 g/mol. The van der Waals surface area contributed by atoms with E-state index in [2.05, 4.69) is 62.9 Å². The molecule has 1 rings (SSSR count). The number of nitrogens with one attached hydrogen (secondary N) is 1. The summed E-state index contributed by atoms with van der Waals surface area (Å²) in [7, 11) is 0. The maximum atomic E-state index is 3.77. The predicted octanol–water partition coefficient (Wildman–Crippen LogP) is 3.76. The Morgan fingerprint density at radius 1 is 1.26 bits per heavy atom. The molecule has 0 bridgehead atoms. The van der Waals surface area contributed by atoms with E-state index in [1.165, 1.54) is 38.8 Å². The van der Waals surface area contributed by atoms with Gasteiger partial charge in [0.15, 0.2) is 0 Å². The fraction of sp³-hybridized carbons (Fsp3) is 1.00. The number of rotatable bonds is 7. The molecule has 0 radical (unpaired) electrons. The zero-order chi connectivity index (χ0) is 14.5. The van der Waals surface area contributed by atoms with Gasteiger partial charge in [-0.3, -0.25) is 4.90 Å². The molecule has 114 valence electrons. The molecule has 1 aliphatic heterocycles. The predicted molar refractivity (Wildman–Crippen MR) is 89.2 cm³/mol. The Bertz CT molecular complexity index is 257. The van der Waals surface area contributed by atoms with E-state index >= 15 is 0 Å². The topological polar surface area (TPSA) is 15.3 Å². The number of thioether (sulfide) groups is 1. The first-order valence-corrected chi connectivity index (χ1v) is 9.24. The fourth-order valence-electron chi connectivity index (χ4n) is 3.15. The van der Waals surface area contributed by atoms with E-state index in [1.54, 1.807) is 0 Å². The van der Waals surface area contributed by atoms with Gasteiger partial charge in [-0.15, -0.1) is 0 Å². The van der Waals surface area contributed by atoms with Crippen LogP contribution in [0.2, 0.25) is 0 Å². The van der Waals surface area contributed by atoms with E-state index in [-0.39, 0.29) is 0 Å². The first kappa shape index (κ1) is 17.3. The Labute approximate surface area is 125 Å². The lowest BCUT2D eigenvalue weighted by Crippen LogP contribution is -2.64. The quantitative estimate of drug-likeness (QED) is 0.767. The average Bonchev–Trinajstić information content (AvgIpc) is 2.45. The summed E-state index contributed by atoms with van der Waals surface area (Å²) in [4.78, 5) is 2.77. The molecule has 2 nitrogen and oxygen atoms in total. The van der Waals surface area contributed by atoms with Crippen LogP contribution in [0.15, 0.2) is 0 Å². The zero-order valence-corrected chi connectivity index (χ0v) is 14.7. The number of piperazine rings is 1. The average molecular weight is 287 g/mol. The number of hydrogen-bond donors (Lipinski definition) is 1. The van der Waals surface area contributed by atoms with Crippen molar-refractivity contribution in [2.24, 2.45) is 0 Å². The van der Waals surface area contributed by atoms with Crippen LogP contribution >= 0.6 is 11.8 Å². The summed E-state index contributed by atoms with van der Waals surface area (Å²) >= 11 is 2.07. The van der Waals surface area contributed by atoms with Crippen LogP contribution in [0.3, 0.4) is 0 Å². The minimum absolute atomic E-state index is 0.303. The van der Waals surface area contributed by atoms with Crippen molar-refractivity contribution < 1.29 is 0 Å². The third-order valence-corrected chi connectivity index (χ3v) is 6.87. The van der Waals surface area contributed by atoms with Gasteiger partial charge < -0.3 is 5.32 Å². The second-order valence-electron chi connectivity index (χ2n) is 6.36. The summed E-state index contributed by atoms with van der Waals surface area (Å²) < 4.78 is 0.444. The van der Waals surface area contributed by atoms with Crippen molar-refractivity contribution in [2.45, 2.75) is 76.6 Å². The molecule has 2 unspecified atom stereocenters. The van der Waals surface area contributed by atoms with Gasteiger partial charge in [0.1, 0.15) is 0 Å². The monoisotopic (exact) mass is 286 g/mol. The first-order chi connectivity index (χ1) is 8.98. The van der Waals surface area contributed by atoms with Gasteiger partial charge >= 0.3 is 0 Å². The smallest absolute Gasteiger partial charge is 0.0279 e. The fourth-order valence-corrected chi connectivity index (χ4v) is 4.02. The van der Waals surface area contributed by atoms with Crippen LogP contribution in [0, 0.1) is 0 Å². The molecule has 19 heavy (non-hydrogen) atoms. The highest BCUT2D eigenvalue weighted by Gasteiger charge is 2.37. The largest absolute Gasteiger partial charge is 0.309 e. The highest BCUT2D eigenvalue weighted by Crippen LogP contribution is 2.33. The molecule has 2 atom stereocenters. The van der Waals surface area contributed by atoms with Crippen molar-refractivity contribution in [3.63, 3.8) is 0 Å². The first-order valence-electron chi connectivity index (χ1n) is 8.02. The third-order valence-electron chi connectivity index (χ3n) is 5.30. The molecule has 0 spiro atoms. The molecule has 0 aliphatic carbocycles. The molecule has 1 N–H and O–H groups in total. The van der Waals surface area contributed by atoms with Crippen molar-refractivity contribution in [3.8, 4) is 0 Å². The maximum absolute atomic E-state index is 3.77. The summed E-state index contributed by atoms with van der Waals surface area (Å²) in [6, 6.07) is 0.712. The van der Waals surface area contributed by atoms with Gasteiger partial charge in [-0.1, -0.05) is 27.7 Å². The van der Waals surface area contributed by atoms with Crippen LogP contribution in [0.1, 0.15) is 60.3 Å². The van der Waals surface area contributed by atoms with E-state index in [0.717, 1.165) is 6.54 Å². The van der Waals surface area contributed by atoms with Crippen LogP contribution in [0.25, 0.3) is 0 Å². The molecule has 3 heteroatoms. The molecule has 1 heterocycles. The Hall–Kier alpha value is 0.270.